The van der Waals surface area contributed by atoms with Crippen molar-refractivity contribution in [2.45, 2.75) is 115 Å². The number of ether oxygens (including phenoxy) is 4. The molecule has 4 aromatic rings. The summed E-state index contributed by atoms with van der Waals surface area (Å²) in [7, 11) is -2.52. The molecule has 2 aromatic carbocycles. The van der Waals surface area contributed by atoms with E-state index >= 15 is 0 Å². The maximum absolute atomic E-state index is 14.1. The average molecular weight is 959 g/mol. The largest absolute Gasteiger partial charge is 0.497 e. The van der Waals surface area contributed by atoms with Crippen LogP contribution in [0.4, 0.5) is 11.5 Å². The van der Waals surface area contributed by atoms with Crippen molar-refractivity contribution < 1.29 is 47.2 Å². The van der Waals surface area contributed by atoms with E-state index in [1.54, 1.807) is 23.5 Å². The fraction of sp³-hybridized carbons (Fsp3) is 0.549. The van der Waals surface area contributed by atoms with Gasteiger partial charge in [0.1, 0.15) is 17.7 Å². The van der Waals surface area contributed by atoms with Gasteiger partial charge in [-0.3, -0.25) is 4.79 Å². The first-order valence-electron chi connectivity index (χ1n) is 23.7. The number of carboxylic acids is 1. The van der Waals surface area contributed by atoms with Crippen LogP contribution in [0.15, 0.2) is 65.6 Å². The van der Waals surface area contributed by atoms with Gasteiger partial charge in [-0.05, 0) is 123 Å². The van der Waals surface area contributed by atoms with E-state index < -0.39 is 45.9 Å². The lowest BCUT2D eigenvalue weighted by atomic mass is 9.76. The number of carboxylic acid groups (broad SMARTS) is 1. The number of benzene rings is 2. The molecule has 4 aliphatic rings. The van der Waals surface area contributed by atoms with Crippen LogP contribution in [-0.4, -0.2) is 104 Å². The Labute approximate surface area is 399 Å². The fourth-order valence-electron chi connectivity index (χ4n) is 10.2. The predicted molar refractivity (Wildman–Crippen MR) is 258 cm³/mol. The zero-order chi connectivity index (χ0) is 47.7. The highest BCUT2D eigenvalue weighted by Gasteiger charge is 2.53. The third kappa shape index (κ3) is 11.0. The highest BCUT2D eigenvalue weighted by Crippen LogP contribution is 2.46. The predicted octanol–water partition coefficient (Wildman–Crippen LogP) is 8.20. The van der Waals surface area contributed by atoms with Crippen LogP contribution in [0, 0.1) is 23.2 Å². The van der Waals surface area contributed by atoms with Gasteiger partial charge in [-0.1, -0.05) is 39.8 Å². The second-order valence-corrected chi connectivity index (χ2v) is 23.0. The Hall–Kier alpha value is -4.58. The van der Waals surface area contributed by atoms with Gasteiger partial charge in [0.15, 0.2) is 5.79 Å². The number of esters is 1. The van der Waals surface area contributed by atoms with E-state index in [1.807, 2.05) is 57.2 Å². The summed E-state index contributed by atoms with van der Waals surface area (Å²) in [5.74, 6) is -1.67. The molecule has 1 aliphatic carbocycles. The molecule has 5 atom stereocenters. The van der Waals surface area contributed by atoms with Gasteiger partial charge >= 0.3 is 11.9 Å². The van der Waals surface area contributed by atoms with Crippen LogP contribution in [-0.2, 0) is 54.8 Å². The molecule has 0 saturated carbocycles. The van der Waals surface area contributed by atoms with Gasteiger partial charge in [-0.15, -0.1) is 11.3 Å². The van der Waals surface area contributed by atoms with Crippen LogP contribution in [0.25, 0.3) is 10.4 Å². The van der Waals surface area contributed by atoms with Crippen molar-refractivity contribution in [1.29, 1.82) is 0 Å². The van der Waals surface area contributed by atoms with Crippen LogP contribution in [0.5, 0.6) is 5.75 Å². The number of aliphatic hydroxyl groups is 1. The zero-order valence-corrected chi connectivity index (χ0v) is 41.2. The molecule has 3 aliphatic heterocycles. The molecule has 2 aromatic heterocycles. The summed E-state index contributed by atoms with van der Waals surface area (Å²) in [6.45, 7) is 13.0. The Balaban J connectivity index is 1.03. The lowest BCUT2D eigenvalue weighted by Gasteiger charge is -2.30. The molecule has 0 unspecified atom stereocenters. The summed E-state index contributed by atoms with van der Waals surface area (Å²) in [6.07, 6.45) is 3.89. The minimum Gasteiger partial charge on any atom is -0.497 e. The molecule has 3 N–H and O–H groups in total. The molecular formula is C51H66N4O10S2. The molecule has 3 saturated heterocycles. The van der Waals surface area contributed by atoms with Gasteiger partial charge < -0.3 is 39.4 Å². The molecule has 0 bridgehead atoms. The third-order valence-electron chi connectivity index (χ3n) is 13.9. The summed E-state index contributed by atoms with van der Waals surface area (Å²) >= 11 is 1.58. The highest BCUT2D eigenvalue weighted by molar-refractivity contribution is 7.89. The SMILES string of the molecule is COc1ccc(S(=O)(=O)N(CC(C)C)C[C@@H](O)[C@@H](CC(=O)O[C@H]2CO[C@@]3(C)OCC[C@@H]23)Cc2ccc(NCc3nc(N4CCCC4)ccc3-c3sc4c(c3C(=O)O)CC(C)(C)CC4)cc2)cc1. The molecule has 8 rings (SSSR count). The number of thiophene rings is 1. The second-order valence-electron chi connectivity index (χ2n) is 20.0. The molecular weight excluding hydrogens is 893 g/mol. The van der Waals surface area contributed by atoms with E-state index in [0.717, 1.165) is 88.8 Å². The Morgan fingerprint density at radius 3 is 2.43 bits per heavy atom. The molecule has 362 valence electrons. The van der Waals surface area contributed by atoms with Crippen LogP contribution >= 0.6 is 11.3 Å². The summed E-state index contributed by atoms with van der Waals surface area (Å²) in [5, 5.41) is 26.2. The zero-order valence-electron chi connectivity index (χ0n) is 39.6. The lowest BCUT2D eigenvalue weighted by Crippen LogP contribution is -2.43. The minimum atomic E-state index is -4.04. The smallest absolute Gasteiger partial charge is 0.337 e. The van der Waals surface area contributed by atoms with Crippen molar-refractivity contribution in [1.82, 2.24) is 9.29 Å². The van der Waals surface area contributed by atoms with E-state index in [4.69, 9.17) is 23.9 Å². The van der Waals surface area contributed by atoms with Gasteiger partial charge in [-0.25, -0.2) is 18.2 Å². The van der Waals surface area contributed by atoms with Crippen molar-refractivity contribution in [3.8, 4) is 16.2 Å². The van der Waals surface area contributed by atoms with E-state index in [0.29, 0.717) is 30.9 Å². The van der Waals surface area contributed by atoms with Gasteiger partial charge in [-0.2, -0.15) is 4.31 Å². The molecule has 67 heavy (non-hydrogen) atoms. The molecule has 0 spiro atoms. The van der Waals surface area contributed by atoms with Crippen LogP contribution in [0.2, 0.25) is 0 Å². The van der Waals surface area contributed by atoms with Crippen LogP contribution in [0.3, 0.4) is 0 Å². The number of aryl methyl sites for hydroxylation is 1. The van der Waals surface area contributed by atoms with E-state index in [1.165, 1.54) is 23.5 Å². The van der Waals surface area contributed by atoms with Crippen molar-refractivity contribution in [2.75, 3.05) is 56.7 Å². The van der Waals surface area contributed by atoms with Gasteiger partial charge in [0, 0.05) is 48.2 Å². The number of aromatic carboxylic acids is 1. The summed E-state index contributed by atoms with van der Waals surface area (Å²) in [6, 6.07) is 18.0. The van der Waals surface area contributed by atoms with Crippen LogP contribution in [0.1, 0.15) is 98.8 Å². The normalized spacial score (nSPS) is 22.1. The molecule has 0 amide bonds. The first-order valence-corrected chi connectivity index (χ1v) is 25.9. The Kier molecular flexibility index (Phi) is 14.7. The van der Waals surface area contributed by atoms with Crippen molar-refractivity contribution in [3.05, 3.63) is 87.9 Å². The average Bonchev–Trinajstić information content (AvgIpc) is 4.10. The number of nitrogens with one attached hydrogen (secondary N) is 1. The number of methoxy groups -OCH3 is 1. The summed E-state index contributed by atoms with van der Waals surface area (Å²) in [4.78, 5) is 36.1. The molecule has 14 nitrogen and oxygen atoms in total. The third-order valence-corrected chi connectivity index (χ3v) is 17.1. The number of hydrogen-bond donors (Lipinski definition) is 3. The van der Waals surface area contributed by atoms with Crippen molar-refractivity contribution >= 4 is 44.8 Å². The van der Waals surface area contributed by atoms with Gasteiger partial charge in [0.25, 0.3) is 0 Å². The Morgan fingerprint density at radius 2 is 1.75 bits per heavy atom. The molecule has 5 heterocycles. The quantitative estimate of drug-likeness (QED) is 0.0768. The van der Waals surface area contributed by atoms with Gasteiger partial charge in [0.05, 0.1) is 66.3 Å². The second kappa shape index (κ2) is 20.2. The monoisotopic (exact) mass is 958 g/mol. The number of nitrogens with zero attached hydrogens (tertiary/aromatic N) is 3. The number of anilines is 2. The summed E-state index contributed by atoms with van der Waals surface area (Å²) < 4.78 is 52.5. The summed E-state index contributed by atoms with van der Waals surface area (Å²) in [5.41, 5.74) is 4.60. The number of rotatable bonds is 19. The van der Waals surface area contributed by atoms with Crippen LogP contribution < -0.4 is 15.0 Å². The lowest BCUT2D eigenvalue weighted by molar-refractivity contribution is -0.181. The van der Waals surface area contributed by atoms with Gasteiger partial charge in [0.2, 0.25) is 10.0 Å². The van der Waals surface area contributed by atoms with Crippen molar-refractivity contribution in [2.24, 2.45) is 23.2 Å². The number of aliphatic hydroxyl groups excluding tert-OH is 1. The maximum Gasteiger partial charge on any atom is 0.337 e. The van der Waals surface area contributed by atoms with E-state index in [9.17, 15) is 28.2 Å². The number of carbonyl (C=O) groups excluding carboxylic acids is 1. The van der Waals surface area contributed by atoms with E-state index in [-0.39, 0.29) is 54.7 Å². The number of hydrogen-bond acceptors (Lipinski definition) is 13. The standard InChI is InChI=1S/C51H66N4O10S2/c1-32(2)29-55(67(60,61)37-15-13-36(62-6)14-16-37)30-42(56)34(26-46(57)65-43-31-64-51(5)40(43)20-24-63-51)25-33-9-11-35(12-10-33)52-28-41-38(17-18-45(53-41)54-22-7-8-23-54)48-47(49(58)59)39-27-50(3,4)21-19-44(39)66-48/h9-18,32,34,40,42-43,52,56H,7-8,19-31H2,1-6H3,(H,58,59)/t34-,40+,42-,43+,51-/m1/s1. The maximum atomic E-state index is 14.1. The first kappa shape index (κ1) is 48.9. The number of pyridine rings is 1. The fourth-order valence-corrected chi connectivity index (χ4v) is 13.1. The number of aromatic nitrogens is 1. The minimum absolute atomic E-state index is 0.0243. The topological polar surface area (TPSA) is 177 Å². The Morgan fingerprint density at radius 1 is 1.01 bits per heavy atom. The van der Waals surface area contributed by atoms with Crippen molar-refractivity contribution in [3.63, 3.8) is 0 Å². The highest BCUT2D eigenvalue weighted by atomic mass is 32.2. The molecule has 3 fully saturated rings. The first-order chi connectivity index (χ1) is 31.9. The molecule has 0 radical (unpaired) electrons. The molecule has 16 heteroatoms. The Bertz CT molecular complexity index is 2500. The number of sulfonamides is 1. The number of carbonyl (C=O) groups is 2. The number of fused-ring (bicyclic) bond motifs is 2. The van der Waals surface area contributed by atoms with E-state index in [2.05, 4.69) is 24.1 Å².